The molecule has 0 atom stereocenters. The maximum atomic E-state index is 12.5. The molecule has 0 saturated heterocycles. The molecule has 1 heterocycles. The molecule has 1 N–H and O–H groups in total. The van der Waals surface area contributed by atoms with E-state index in [1.54, 1.807) is 36.0 Å². The Morgan fingerprint density at radius 2 is 1.38 bits per heavy atom. The second kappa shape index (κ2) is 8.32. The number of hydrogen-bond acceptors (Lipinski definition) is 4. The summed E-state index contributed by atoms with van der Waals surface area (Å²) >= 11 is 1.56. The second-order valence-corrected chi connectivity index (χ2v) is 7.63. The number of fused-ring (bicyclic) bond motifs is 1. The number of anilines is 1. The molecular weight excluding hydrogens is 384 g/mol. The minimum atomic E-state index is -0.349. The van der Waals surface area contributed by atoms with Gasteiger partial charge in [0.05, 0.1) is 16.8 Å². The van der Waals surface area contributed by atoms with Gasteiger partial charge in [0.15, 0.2) is 0 Å². The van der Waals surface area contributed by atoms with Crippen molar-refractivity contribution in [2.45, 2.75) is 16.2 Å². The Labute approximate surface area is 172 Å². The summed E-state index contributed by atoms with van der Waals surface area (Å²) in [5, 5.41) is 2.90. The quantitative estimate of drug-likeness (QED) is 0.618. The fourth-order valence-electron chi connectivity index (χ4n) is 3.14. The molecule has 1 aliphatic rings. The first-order valence-electron chi connectivity index (χ1n) is 9.20. The minimum Gasteiger partial charge on any atom is -0.325 e. The topological polar surface area (TPSA) is 66.5 Å². The van der Waals surface area contributed by atoms with Crippen molar-refractivity contribution in [2.75, 3.05) is 11.9 Å². The molecule has 0 aromatic heterocycles. The van der Waals surface area contributed by atoms with Crippen LogP contribution in [0.5, 0.6) is 0 Å². The van der Waals surface area contributed by atoms with E-state index in [0.29, 0.717) is 16.8 Å². The number of benzene rings is 3. The van der Waals surface area contributed by atoms with Crippen molar-refractivity contribution < 1.29 is 14.4 Å². The van der Waals surface area contributed by atoms with Crippen LogP contribution >= 0.6 is 11.8 Å². The lowest BCUT2D eigenvalue weighted by atomic mass is 10.1. The Balaban J connectivity index is 1.40. The summed E-state index contributed by atoms with van der Waals surface area (Å²) in [6, 6.07) is 24.2. The Morgan fingerprint density at radius 1 is 0.793 bits per heavy atom. The molecule has 6 heteroatoms. The Bertz CT molecular complexity index is 1050. The maximum absolute atomic E-state index is 12.5. The van der Waals surface area contributed by atoms with Crippen molar-refractivity contribution in [3.63, 3.8) is 0 Å². The molecule has 0 radical (unpaired) electrons. The van der Waals surface area contributed by atoms with Gasteiger partial charge in [-0.15, -0.1) is 0 Å². The highest BCUT2D eigenvalue weighted by atomic mass is 32.2. The third kappa shape index (κ3) is 4.07. The van der Waals surface area contributed by atoms with Crippen molar-refractivity contribution in [1.29, 1.82) is 0 Å². The zero-order valence-corrected chi connectivity index (χ0v) is 16.3. The second-order valence-electron chi connectivity index (χ2n) is 6.52. The highest BCUT2D eigenvalue weighted by molar-refractivity contribution is 7.99. The minimum absolute atomic E-state index is 0.0375. The van der Waals surface area contributed by atoms with Crippen LogP contribution in [0.4, 0.5) is 5.69 Å². The molecule has 5 nitrogen and oxygen atoms in total. The summed E-state index contributed by atoms with van der Waals surface area (Å²) in [5.41, 5.74) is 1.48. The first-order chi connectivity index (χ1) is 14.1. The van der Waals surface area contributed by atoms with E-state index in [4.69, 9.17) is 0 Å². The number of imide groups is 1. The molecule has 0 saturated carbocycles. The van der Waals surface area contributed by atoms with Gasteiger partial charge >= 0.3 is 0 Å². The standard InChI is InChI=1S/C23H18N2O3S/c26-21(14-15-25-22(27)17-10-4-5-11-18(17)23(25)28)24-19-12-6-7-13-20(19)29-16-8-2-1-3-9-16/h1-13H,14-15H2,(H,24,26). The van der Waals surface area contributed by atoms with Crippen LogP contribution < -0.4 is 5.32 Å². The third-order valence-corrected chi connectivity index (χ3v) is 5.66. The number of hydrogen-bond donors (Lipinski definition) is 1. The molecule has 3 aromatic carbocycles. The molecule has 0 fully saturated rings. The number of amides is 3. The van der Waals surface area contributed by atoms with E-state index in [-0.39, 0.29) is 30.7 Å². The SMILES string of the molecule is O=C(CCN1C(=O)c2ccccc2C1=O)Nc1ccccc1Sc1ccccc1. The molecule has 0 bridgehead atoms. The van der Waals surface area contributed by atoms with Crippen LogP contribution in [0.25, 0.3) is 0 Å². The highest BCUT2D eigenvalue weighted by Gasteiger charge is 2.34. The smallest absolute Gasteiger partial charge is 0.261 e. The first-order valence-corrected chi connectivity index (χ1v) is 10.0. The number of rotatable bonds is 6. The number of carbonyl (C=O) groups is 3. The van der Waals surface area contributed by atoms with E-state index in [9.17, 15) is 14.4 Å². The summed E-state index contributed by atoms with van der Waals surface area (Å²) in [6.07, 6.45) is 0.0375. The number of para-hydroxylation sites is 1. The van der Waals surface area contributed by atoms with Crippen LogP contribution in [-0.2, 0) is 4.79 Å². The van der Waals surface area contributed by atoms with Gasteiger partial charge in [0, 0.05) is 22.8 Å². The number of carbonyl (C=O) groups excluding carboxylic acids is 3. The Kier molecular flexibility index (Phi) is 5.44. The van der Waals surface area contributed by atoms with Gasteiger partial charge in [-0.1, -0.05) is 54.2 Å². The van der Waals surface area contributed by atoms with E-state index in [0.717, 1.165) is 14.7 Å². The van der Waals surface area contributed by atoms with E-state index in [2.05, 4.69) is 5.32 Å². The van der Waals surface area contributed by atoms with Crippen LogP contribution in [0.15, 0.2) is 88.7 Å². The van der Waals surface area contributed by atoms with Crippen molar-refractivity contribution >= 4 is 35.2 Å². The summed E-state index contributed by atoms with van der Waals surface area (Å²) < 4.78 is 0. The lowest BCUT2D eigenvalue weighted by molar-refractivity contribution is -0.116. The highest BCUT2D eigenvalue weighted by Crippen LogP contribution is 2.33. The summed E-state index contributed by atoms with van der Waals surface area (Å²) in [5.74, 6) is -0.945. The van der Waals surface area contributed by atoms with Crippen LogP contribution in [0, 0.1) is 0 Å². The molecule has 3 amide bonds. The van der Waals surface area contributed by atoms with Crippen molar-refractivity contribution in [2.24, 2.45) is 0 Å². The van der Waals surface area contributed by atoms with Crippen LogP contribution in [0.3, 0.4) is 0 Å². The molecular formula is C23H18N2O3S. The molecule has 144 valence electrons. The number of nitrogens with zero attached hydrogens (tertiary/aromatic N) is 1. The van der Waals surface area contributed by atoms with Crippen LogP contribution in [0.1, 0.15) is 27.1 Å². The van der Waals surface area contributed by atoms with Crippen molar-refractivity contribution in [3.05, 3.63) is 90.0 Å². The van der Waals surface area contributed by atoms with E-state index in [1.807, 2.05) is 54.6 Å². The first kappa shape index (κ1) is 19.0. The van der Waals surface area contributed by atoms with E-state index < -0.39 is 0 Å². The van der Waals surface area contributed by atoms with E-state index in [1.165, 1.54) is 0 Å². The third-order valence-electron chi connectivity index (χ3n) is 4.57. The molecule has 3 aromatic rings. The van der Waals surface area contributed by atoms with Crippen LogP contribution in [0.2, 0.25) is 0 Å². The molecule has 1 aliphatic heterocycles. The number of nitrogens with one attached hydrogen (secondary N) is 1. The van der Waals surface area contributed by atoms with Crippen molar-refractivity contribution in [1.82, 2.24) is 4.90 Å². The summed E-state index contributed by atoms with van der Waals surface area (Å²) in [7, 11) is 0. The predicted octanol–water partition coefficient (Wildman–Crippen LogP) is 4.46. The van der Waals surface area contributed by atoms with Gasteiger partial charge in [-0.25, -0.2) is 0 Å². The van der Waals surface area contributed by atoms with Gasteiger partial charge in [-0.3, -0.25) is 19.3 Å². The van der Waals surface area contributed by atoms with Gasteiger partial charge in [0.2, 0.25) is 5.91 Å². The zero-order chi connectivity index (χ0) is 20.2. The normalized spacial score (nSPS) is 12.8. The van der Waals surface area contributed by atoms with Gasteiger partial charge < -0.3 is 5.32 Å². The molecule has 4 rings (SSSR count). The average Bonchev–Trinajstić information content (AvgIpc) is 2.99. The Hall–Kier alpha value is -3.38. The summed E-state index contributed by atoms with van der Waals surface area (Å²) in [4.78, 5) is 40.4. The fourth-order valence-corrected chi connectivity index (χ4v) is 4.07. The molecule has 0 unspecified atom stereocenters. The maximum Gasteiger partial charge on any atom is 0.261 e. The monoisotopic (exact) mass is 402 g/mol. The van der Waals surface area contributed by atoms with Crippen LogP contribution in [-0.4, -0.2) is 29.2 Å². The van der Waals surface area contributed by atoms with Gasteiger partial charge in [0.1, 0.15) is 0 Å². The lowest BCUT2D eigenvalue weighted by Crippen LogP contribution is -2.32. The zero-order valence-electron chi connectivity index (χ0n) is 15.5. The average molecular weight is 402 g/mol. The Morgan fingerprint density at radius 3 is 2.07 bits per heavy atom. The van der Waals surface area contributed by atoms with Crippen molar-refractivity contribution in [3.8, 4) is 0 Å². The van der Waals surface area contributed by atoms with Gasteiger partial charge in [0.25, 0.3) is 11.8 Å². The summed E-state index contributed by atoms with van der Waals surface area (Å²) in [6.45, 7) is 0.0478. The fraction of sp³-hybridized carbons (Fsp3) is 0.0870. The van der Waals surface area contributed by atoms with Gasteiger partial charge in [-0.05, 0) is 36.4 Å². The van der Waals surface area contributed by atoms with E-state index >= 15 is 0 Å². The molecule has 0 spiro atoms. The molecule has 29 heavy (non-hydrogen) atoms. The lowest BCUT2D eigenvalue weighted by Gasteiger charge is -2.14. The predicted molar refractivity (Wildman–Crippen MR) is 112 cm³/mol. The van der Waals surface area contributed by atoms with Gasteiger partial charge in [-0.2, -0.15) is 0 Å². The largest absolute Gasteiger partial charge is 0.325 e. The molecule has 0 aliphatic carbocycles.